The van der Waals surface area contributed by atoms with Crippen LogP contribution in [-0.2, 0) is 10.0 Å². The predicted molar refractivity (Wildman–Crippen MR) is 99.3 cm³/mol. The van der Waals surface area contributed by atoms with Crippen molar-refractivity contribution >= 4 is 37.5 Å². The monoisotopic (exact) mass is 427 g/mol. The molecule has 9 heteroatoms. The lowest BCUT2D eigenvalue weighted by Crippen LogP contribution is -2.30. The Morgan fingerprint density at radius 2 is 1.80 bits per heavy atom. The second kappa shape index (κ2) is 7.94. The molecule has 0 atom stereocenters. The van der Waals surface area contributed by atoms with Crippen molar-refractivity contribution in [2.24, 2.45) is 0 Å². The van der Waals surface area contributed by atoms with Crippen LogP contribution < -0.4 is 10.9 Å². The van der Waals surface area contributed by atoms with Crippen molar-refractivity contribution in [1.29, 1.82) is 0 Å². The first-order chi connectivity index (χ1) is 11.8. The van der Waals surface area contributed by atoms with Crippen LogP contribution in [0.3, 0.4) is 0 Å². The molecule has 0 aliphatic carbocycles. The standard InChI is InChI=1S/C16H18BrN3O4S/c1-3-20(4-2)25(23,24)13-7-5-11(6-8-13)15(21)19-14-9-12(17)10-18-16(14)22/h5-10H,3-4H2,1-2H3,(H,18,22)(H,19,21). The van der Waals surface area contributed by atoms with Gasteiger partial charge in [0.25, 0.3) is 11.5 Å². The van der Waals surface area contributed by atoms with Gasteiger partial charge >= 0.3 is 0 Å². The Labute approximate surface area is 154 Å². The van der Waals surface area contributed by atoms with E-state index in [1.54, 1.807) is 13.8 Å². The van der Waals surface area contributed by atoms with Gasteiger partial charge in [-0.1, -0.05) is 13.8 Å². The Balaban J connectivity index is 2.23. The molecule has 0 aliphatic rings. The number of pyridine rings is 1. The first-order valence-electron chi connectivity index (χ1n) is 7.59. The number of carbonyl (C=O) groups excluding carboxylic acids is 1. The normalized spacial score (nSPS) is 11.5. The molecule has 25 heavy (non-hydrogen) atoms. The van der Waals surface area contributed by atoms with Gasteiger partial charge in [-0.15, -0.1) is 0 Å². The van der Waals surface area contributed by atoms with E-state index in [0.717, 1.165) is 0 Å². The van der Waals surface area contributed by atoms with E-state index in [0.29, 0.717) is 17.6 Å². The molecule has 0 saturated carbocycles. The fourth-order valence-corrected chi connectivity index (χ4v) is 4.04. The summed E-state index contributed by atoms with van der Waals surface area (Å²) in [4.78, 5) is 26.5. The number of H-pyrrole nitrogens is 1. The molecule has 0 fully saturated rings. The molecule has 0 radical (unpaired) electrons. The van der Waals surface area contributed by atoms with E-state index < -0.39 is 21.5 Å². The highest BCUT2D eigenvalue weighted by atomic mass is 79.9. The number of hydrogen-bond donors (Lipinski definition) is 2. The first-order valence-corrected chi connectivity index (χ1v) is 9.82. The highest BCUT2D eigenvalue weighted by molar-refractivity contribution is 9.10. The van der Waals surface area contributed by atoms with Crippen LogP contribution >= 0.6 is 15.9 Å². The number of anilines is 1. The summed E-state index contributed by atoms with van der Waals surface area (Å²) in [6.07, 6.45) is 1.46. The maximum atomic E-state index is 12.4. The van der Waals surface area contributed by atoms with Gasteiger partial charge in [0, 0.05) is 29.3 Å². The molecule has 0 spiro atoms. The van der Waals surface area contributed by atoms with E-state index in [1.807, 2.05) is 0 Å². The SMILES string of the molecule is CCN(CC)S(=O)(=O)c1ccc(C(=O)Nc2cc(Br)c[nH]c2=O)cc1. The second-order valence-electron chi connectivity index (χ2n) is 5.13. The van der Waals surface area contributed by atoms with E-state index >= 15 is 0 Å². The first kappa shape index (κ1) is 19.4. The minimum Gasteiger partial charge on any atom is -0.326 e. The Morgan fingerprint density at radius 3 is 2.36 bits per heavy atom. The number of hydrogen-bond acceptors (Lipinski definition) is 4. The smallest absolute Gasteiger partial charge is 0.271 e. The average Bonchev–Trinajstić information content (AvgIpc) is 2.59. The van der Waals surface area contributed by atoms with Crippen molar-refractivity contribution in [3.05, 3.63) is 56.9 Å². The van der Waals surface area contributed by atoms with Gasteiger partial charge in [0.15, 0.2) is 0 Å². The number of sulfonamides is 1. The van der Waals surface area contributed by atoms with Crippen LogP contribution in [0, 0.1) is 0 Å². The third-order valence-electron chi connectivity index (χ3n) is 3.58. The van der Waals surface area contributed by atoms with Crippen LogP contribution in [0.25, 0.3) is 0 Å². The molecule has 134 valence electrons. The summed E-state index contributed by atoms with van der Waals surface area (Å²) in [7, 11) is -3.57. The van der Waals surface area contributed by atoms with Crippen molar-refractivity contribution in [2.75, 3.05) is 18.4 Å². The van der Waals surface area contributed by atoms with Crippen molar-refractivity contribution < 1.29 is 13.2 Å². The minimum absolute atomic E-state index is 0.0965. The number of nitrogens with zero attached hydrogens (tertiary/aromatic N) is 1. The lowest BCUT2D eigenvalue weighted by atomic mass is 10.2. The molecule has 0 bridgehead atoms. The molecule has 7 nitrogen and oxygen atoms in total. The number of rotatable bonds is 6. The van der Waals surface area contributed by atoms with Gasteiger partial charge in [-0.05, 0) is 46.3 Å². The molecule has 2 rings (SSSR count). The number of amides is 1. The van der Waals surface area contributed by atoms with Crippen LogP contribution in [0.1, 0.15) is 24.2 Å². The molecule has 0 saturated heterocycles. The van der Waals surface area contributed by atoms with Crippen LogP contribution in [0.4, 0.5) is 5.69 Å². The van der Waals surface area contributed by atoms with Crippen molar-refractivity contribution in [3.63, 3.8) is 0 Å². The van der Waals surface area contributed by atoms with Crippen LogP contribution in [0.2, 0.25) is 0 Å². The molecule has 2 N–H and O–H groups in total. The van der Waals surface area contributed by atoms with Crippen molar-refractivity contribution in [2.45, 2.75) is 18.7 Å². The van der Waals surface area contributed by atoms with Gasteiger partial charge in [-0.3, -0.25) is 9.59 Å². The van der Waals surface area contributed by atoms with Gasteiger partial charge < -0.3 is 10.3 Å². The Morgan fingerprint density at radius 1 is 1.20 bits per heavy atom. The number of carbonyl (C=O) groups is 1. The van der Waals surface area contributed by atoms with Crippen molar-refractivity contribution in [1.82, 2.24) is 9.29 Å². The minimum atomic E-state index is -3.57. The van der Waals surface area contributed by atoms with E-state index in [-0.39, 0.29) is 16.1 Å². The zero-order chi connectivity index (χ0) is 18.6. The zero-order valence-corrected chi connectivity index (χ0v) is 16.1. The zero-order valence-electron chi connectivity index (χ0n) is 13.7. The predicted octanol–water partition coefficient (Wildman–Crippen LogP) is 2.42. The van der Waals surface area contributed by atoms with Gasteiger partial charge in [-0.2, -0.15) is 4.31 Å². The molecular weight excluding hydrogens is 410 g/mol. The van der Waals surface area contributed by atoms with Crippen LogP contribution in [-0.4, -0.2) is 36.7 Å². The molecule has 1 amide bonds. The van der Waals surface area contributed by atoms with Gasteiger partial charge in [0.05, 0.1) is 4.90 Å². The maximum absolute atomic E-state index is 12.4. The highest BCUT2D eigenvalue weighted by Gasteiger charge is 2.21. The summed E-state index contributed by atoms with van der Waals surface area (Å²) in [6.45, 7) is 4.26. The summed E-state index contributed by atoms with van der Waals surface area (Å²) in [6, 6.07) is 7.08. The summed E-state index contributed by atoms with van der Waals surface area (Å²) in [5.41, 5.74) is -0.0885. The van der Waals surface area contributed by atoms with Gasteiger partial charge in [0.1, 0.15) is 5.69 Å². The maximum Gasteiger partial charge on any atom is 0.271 e. The molecule has 1 heterocycles. The summed E-state index contributed by atoms with van der Waals surface area (Å²) in [5.74, 6) is -0.504. The molecule has 2 aromatic rings. The van der Waals surface area contributed by atoms with E-state index in [9.17, 15) is 18.0 Å². The fraction of sp³-hybridized carbons (Fsp3) is 0.250. The second-order valence-corrected chi connectivity index (χ2v) is 7.98. The van der Waals surface area contributed by atoms with Crippen LogP contribution in [0.15, 0.2) is 50.7 Å². The van der Waals surface area contributed by atoms with Crippen molar-refractivity contribution in [3.8, 4) is 0 Å². The molecule has 1 aromatic carbocycles. The number of benzene rings is 1. The quantitative estimate of drug-likeness (QED) is 0.738. The summed E-state index contributed by atoms with van der Waals surface area (Å²) >= 11 is 3.21. The lowest BCUT2D eigenvalue weighted by Gasteiger charge is -2.18. The van der Waals surface area contributed by atoms with Gasteiger partial charge in [-0.25, -0.2) is 8.42 Å². The fourth-order valence-electron chi connectivity index (χ4n) is 2.24. The largest absolute Gasteiger partial charge is 0.326 e. The summed E-state index contributed by atoms with van der Waals surface area (Å²) in [5, 5.41) is 2.50. The number of aromatic amines is 1. The van der Waals surface area contributed by atoms with Crippen LogP contribution in [0.5, 0.6) is 0 Å². The lowest BCUT2D eigenvalue weighted by molar-refractivity contribution is 0.102. The third kappa shape index (κ3) is 4.36. The molecule has 1 aromatic heterocycles. The molecular formula is C16H18BrN3O4S. The third-order valence-corrected chi connectivity index (χ3v) is 6.10. The number of nitrogens with one attached hydrogen (secondary N) is 2. The van der Waals surface area contributed by atoms with Gasteiger partial charge in [0.2, 0.25) is 10.0 Å². The Kier molecular flexibility index (Phi) is 6.15. The number of halogens is 1. The topological polar surface area (TPSA) is 99.3 Å². The Bertz CT molecular complexity index is 919. The average molecular weight is 428 g/mol. The molecule has 0 aliphatic heterocycles. The molecule has 0 unspecified atom stereocenters. The Hall–Kier alpha value is -1.97. The number of aromatic nitrogens is 1. The van der Waals surface area contributed by atoms with E-state index in [2.05, 4.69) is 26.2 Å². The highest BCUT2D eigenvalue weighted by Crippen LogP contribution is 2.17. The van der Waals surface area contributed by atoms with E-state index in [1.165, 1.54) is 40.8 Å². The summed E-state index contributed by atoms with van der Waals surface area (Å²) < 4.78 is 26.8. The van der Waals surface area contributed by atoms with E-state index in [4.69, 9.17) is 0 Å².